The third-order valence-corrected chi connectivity index (χ3v) is 3.71. The lowest BCUT2D eigenvalue weighted by atomic mass is 10.1. The quantitative estimate of drug-likeness (QED) is 0.674. The van der Waals surface area contributed by atoms with Crippen molar-refractivity contribution in [2.75, 3.05) is 12.9 Å². The molecule has 0 spiro atoms. The Hall–Kier alpha value is -1.89. The van der Waals surface area contributed by atoms with E-state index in [1.165, 1.54) is 0 Å². The second-order valence-electron chi connectivity index (χ2n) is 4.37. The Bertz CT molecular complexity index is 641. The maximum atomic E-state index is 8.79. The number of aliphatic hydroxyl groups excluding tert-OH is 1. The topological polar surface area (TPSA) is 29.5 Å². The highest BCUT2D eigenvalue weighted by Crippen LogP contribution is 2.27. The summed E-state index contributed by atoms with van der Waals surface area (Å²) in [5, 5.41) is 8.79. The molecule has 0 saturated carbocycles. The van der Waals surface area contributed by atoms with Gasteiger partial charge in [0.15, 0.2) is 0 Å². The summed E-state index contributed by atoms with van der Waals surface area (Å²) >= 11 is 1.67. The Morgan fingerprint density at radius 3 is 2.67 bits per heavy atom. The van der Waals surface area contributed by atoms with Crippen LogP contribution in [0.3, 0.4) is 0 Å². The Balaban J connectivity index is 2.12. The Kier molecular flexibility index (Phi) is 6.21. The number of ether oxygens (including phenoxy) is 1. The lowest BCUT2D eigenvalue weighted by molar-refractivity contribution is 0.298. The molecule has 2 aromatic carbocycles. The third-order valence-electron chi connectivity index (χ3n) is 2.93. The van der Waals surface area contributed by atoms with Crippen LogP contribution in [0.5, 0.6) is 5.75 Å². The van der Waals surface area contributed by atoms with Crippen molar-refractivity contribution in [3.8, 4) is 17.6 Å². The molecular weight excluding hydrogens is 280 g/mol. The van der Waals surface area contributed by atoms with Crippen molar-refractivity contribution in [2.45, 2.75) is 17.9 Å². The summed E-state index contributed by atoms with van der Waals surface area (Å²) in [5.74, 6) is 6.93. The molecule has 0 bridgehead atoms. The van der Waals surface area contributed by atoms with Crippen LogP contribution in [-0.4, -0.2) is 18.0 Å². The largest absolute Gasteiger partial charge is 0.488 e. The summed E-state index contributed by atoms with van der Waals surface area (Å²) in [7, 11) is 0. The van der Waals surface area contributed by atoms with Crippen LogP contribution in [0, 0.1) is 11.8 Å². The van der Waals surface area contributed by atoms with Gasteiger partial charge in [-0.3, -0.25) is 0 Å². The highest BCUT2D eigenvalue weighted by Gasteiger charge is 2.04. The maximum Gasteiger partial charge on any atom is 0.133 e. The van der Waals surface area contributed by atoms with Crippen molar-refractivity contribution in [3.63, 3.8) is 0 Å². The number of benzene rings is 2. The molecule has 0 amide bonds. The van der Waals surface area contributed by atoms with Gasteiger partial charge in [0.25, 0.3) is 0 Å². The standard InChI is InChI=1S/C18H18O2S/c1-21-18-12-5-4-11-17(18)20-14-16-10-3-2-8-15(16)9-6-7-13-19/h2-5,8,10-12,19H,7,13-14H2,1H3. The van der Waals surface area contributed by atoms with Crippen molar-refractivity contribution in [1.29, 1.82) is 0 Å². The predicted molar refractivity (Wildman–Crippen MR) is 87.6 cm³/mol. The fourth-order valence-electron chi connectivity index (χ4n) is 1.88. The summed E-state index contributed by atoms with van der Waals surface area (Å²) < 4.78 is 5.92. The Labute approximate surface area is 130 Å². The van der Waals surface area contributed by atoms with Crippen LogP contribution in [-0.2, 0) is 6.61 Å². The fourth-order valence-corrected chi connectivity index (χ4v) is 2.42. The van der Waals surface area contributed by atoms with Crippen molar-refractivity contribution in [2.24, 2.45) is 0 Å². The minimum absolute atomic E-state index is 0.0900. The first-order valence-electron chi connectivity index (χ1n) is 6.78. The molecule has 0 aliphatic carbocycles. The zero-order chi connectivity index (χ0) is 14.9. The zero-order valence-corrected chi connectivity index (χ0v) is 12.8. The highest BCUT2D eigenvalue weighted by atomic mass is 32.2. The van der Waals surface area contributed by atoms with Gasteiger partial charge in [-0.05, 0) is 24.5 Å². The zero-order valence-electron chi connectivity index (χ0n) is 12.0. The molecule has 0 aliphatic heterocycles. The number of hydrogen-bond donors (Lipinski definition) is 1. The van der Waals surface area contributed by atoms with Gasteiger partial charge in [-0.2, -0.15) is 0 Å². The second-order valence-corrected chi connectivity index (χ2v) is 5.22. The van der Waals surface area contributed by atoms with Crippen LogP contribution in [0.25, 0.3) is 0 Å². The van der Waals surface area contributed by atoms with Gasteiger partial charge in [-0.25, -0.2) is 0 Å². The number of aliphatic hydroxyl groups is 1. The number of thioether (sulfide) groups is 1. The summed E-state index contributed by atoms with van der Waals surface area (Å²) in [6, 6.07) is 15.9. The maximum absolute atomic E-state index is 8.79. The Morgan fingerprint density at radius 1 is 1.10 bits per heavy atom. The van der Waals surface area contributed by atoms with E-state index < -0.39 is 0 Å². The second kappa shape index (κ2) is 8.41. The molecule has 0 saturated heterocycles. The van der Waals surface area contributed by atoms with Gasteiger partial charge < -0.3 is 9.84 Å². The monoisotopic (exact) mass is 298 g/mol. The van der Waals surface area contributed by atoms with Gasteiger partial charge in [0.1, 0.15) is 12.4 Å². The summed E-state index contributed by atoms with van der Waals surface area (Å²) in [5.41, 5.74) is 2.01. The van der Waals surface area contributed by atoms with Crippen LogP contribution >= 0.6 is 11.8 Å². The lowest BCUT2D eigenvalue weighted by Gasteiger charge is -2.11. The first-order valence-corrected chi connectivity index (χ1v) is 8.01. The van der Waals surface area contributed by atoms with Gasteiger partial charge in [-0.15, -0.1) is 11.8 Å². The molecule has 0 aromatic heterocycles. The molecule has 0 unspecified atom stereocenters. The summed E-state index contributed by atoms with van der Waals surface area (Å²) in [6.45, 7) is 0.578. The normalized spacial score (nSPS) is 9.81. The van der Waals surface area contributed by atoms with Crippen LogP contribution in [0.2, 0.25) is 0 Å². The minimum atomic E-state index is 0.0900. The molecular formula is C18H18O2S. The van der Waals surface area contributed by atoms with Crippen molar-refractivity contribution in [3.05, 3.63) is 59.7 Å². The summed E-state index contributed by atoms with van der Waals surface area (Å²) in [6.07, 6.45) is 2.53. The molecule has 108 valence electrons. The third kappa shape index (κ3) is 4.56. The van der Waals surface area contributed by atoms with E-state index in [-0.39, 0.29) is 6.61 Å². The van der Waals surface area contributed by atoms with E-state index in [0.29, 0.717) is 13.0 Å². The number of hydrogen-bond acceptors (Lipinski definition) is 3. The molecule has 0 fully saturated rings. The first kappa shape index (κ1) is 15.5. The van der Waals surface area contributed by atoms with E-state index in [4.69, 9.17) is 9.84 Å². The smallest absolute Gasteiger partial charge is 0.133 e. The molecule has 3 heteroatoms. The van der Waals surface area contributed by atoms with Gasteiger partial charge in [-0.1, -0.05) is 42.2 Å². The van der Waals surface area contributed by atoms with Crippen LogP contribution < -0.4 is 4.74 Å². The van der Waals surface area contributed by atoms with E-state index >= 15 is 0 Å². The predicted octanol–water partition coefficient (Wildman–Crippen LogP) is 3.72. The number of rotatable bonds is 5. The van der Waals surface area contributed by atoms with E-state index in [0.717, 1.165) is 21.8 Å². The van der Waals surface area contributed by atoms with Crippen LogP contribution in [0.15, 0.2) is 53.4 Å². The van der Waals surface area contributed by atoms with Crippen LogP contribution in [0.1, 0.15) is 17.5 Å². The molecule has 0 heterocycles. The SMILES string of the molecule is CSc1ccccc1OCc1ccccc1C#CCCO. The van der Waals surface area contributed by atoms with Crippen molar-refractivity contribution in [1.82, 2.24) is 0 Å². The van der Waals surface area contributed by atoms with Gasteiger partial charge in [0.05, 0.1) is 6.61 Å². The van der Waals surface area contributed by atoms with Crippen LogP contribution in [0.4, 0.5) is 0 Å². The lowest BCUT2D eigenvalue weighted by Crippen LogP contribution is -1.99. The van der Waals surface area contributed by atoms with E-state index in [9.17, 15) is 0 Å². The molecule has 21 heavy (non-hydrogen) atoms. The molecule has 2 nitrogen and oxygen atoms in total. The molecule has 2 aromatic rings. The molecule has 2 rings (SSSR count). The average Bonchev–Trinajstić information content (AvgIpc) is 2.54. The number of para-hydroxylation sites is 1. The van der Waals surface area contributed by atoms with Crippen molar-refractivity contribution < 1.29 is 9.84 Å². The average molecular weight is 298 g/mol. The molecule has 0 radical (unpaired) electrons. The highest BCUT2D eigenvalue weighted by molar-refractivity contribution is 7.98. The molecule has 0 atom stereocenters. The van der Waals surface area contributed by atoms with Gasteiger partial charge in [0.2, 0.25) is 0 Å². The van der Waals surface area contributed by atoms with Gasteiger partial charge in [0, 0.05) is 22.4 Å². The van der Waals surface area contributed by atoms with Gasteiger partial charge >= 0.3 is 0 Å². The molecule has 0 aliphatic rings. The molecule has 1 N–H and O–H groups in total. The summed E-state index contributed by atoms with van der Waals surface area (Å²) in [4.78, 5) is 1.13. The fraction of sp³-hybridized carbons (Fsp3) is 0.222. The van der Waals surface area contributed by atoms with E-state index in [1.54, 1.807) is 11.8 Å². The van der Waals surface area contributed by atoms with Crippen molar-refractivity contribution >= 4 is 11.8 Å². The minimum Gasteiger partial charge on any atom is -0.488 e. The first-order chi connectivity index (χ1) is 10.3. The van der Waals surface area contributed by atoms with E-state index in [2.05, 4.69) is 11.8 Å². The Morgan fingerprint density at radius 2 is 1.86 bits per heavy atom. The van der Waals surface area contributed by atoms with E-state index in [1.807, 2.05) is 54.8 Å².